The molecule has 0 radical (unpaired) electrons. The van der Waals surface area contributed by atoms with Crippen molar-refractivity contribution in [1.82, 2.24) is 14.8 Å². The van der Waals surface area contributed by atoms with Gasteiger partial charge in [-0.05, 0) is 49.6 Å². The summed E-state index contributed by atoms with van der Waals surface area (Å²) in [5, 5.41) is 21.9. The van der Waals surface area contributed by atoms with E-state index in [0.717, 1.165) is 22.2 Å². The van der Waals surface area contributed by atoms with E-state index >= 15 is 0 Å². The molecule has 0 spiro atoms. The van der Waals surface area contributed by atoms with Crippen LogP contribution in [0.15, 0.2) is 48.5 Å². The topological polar surface area (TPSA) is 112 Å². The van der Waals surface area contributed by atoms with Crippen LogP contribution in [-0.2, 0) is 20.7 Å². The Kier molecular flexibility index (Phi) is 6.22. The molecule has 2 amide bonds. The highest BCUT2D eigenvalue weighted by Gasteiger charge is 2.48. The molecule has 3 aromatic rings. The molecule has 2 aromatic carbocycles. The van der Waals surface area contributed by atoms with Gasteiger partial charge in [-0.2, -0.15) is 0 Å². The van der Waals surface area contributed by atoms with Gasteiger partial charge in [0.1, 0.15) is 6.04 Å². The Hall–Kier alpha value is -3.40. The van der Waals surface area contributed by atoms with Gasteiger partial charge >= 0.3 is 0 Å². The van der Waals surface area contributed by atoms with E-state index in [-0.39, 0.29) is 35.4 Å². The Morgan fingerprint density at radius 2 is 2.00 bits per heavy atom. The quantitative estimate of drug-likeness (QED) is 0.399. The molecular formula is C26H29N4O5-. The number of amides is 2. The molecule has 2 unspecified atom stereocenters. The van der Waals surface area contributed by atoms with Gasteiger partial charge in [-0.15, -0.1) is 0 Å². The highest BCUT2D eigenvalue weighted by Crippen LogP contribution is 2.43. The number of anilines is 1. The average Bonchev–Trinajstić information content (AvgIpc) is 3.21. The van der Waals surface area contributed by atoms with E-state index in [2.05, 4.69) is 4.98 Å². The van der Waals surface area contributed by atoms with E-state index in [1.165, 1.54) is 6.07 Å². The minimum Gasteiger partial charge on any atom is -0.733 e. The summed E-state index contributed by atoms with van der Waals surface area (Å²) in [4.78, 5) is 33.9. The minimum absolute atomic E-state index is 0.00353. The number of para-hydroxylation sites is 1. The summed E-state index contributed by atoms with van der Waals surface area (Å²) in [6.07, 6.45) is 1.18. The summed E-state index contributed by atoms with van der Waals surface area (Å²) >= 11 is 0. The standard InChI is InChI=1S/C26H29N4O5/c1-16(2)35-12-6-11-28-15-23(31)29-22(26(28)32)14-20-19-9-3-4-10-21(19)27-24(20)25(29)17-7-5-8-18(13-17)30(33)34/h3-5,7-10,13,16,22,25,27,33H,6,11-12,14-15H2,1-2H3/q-1. The van der Waals surface area contributed by atoms with Gasteiger partial charge in [0.2, 0.25) is 11.8 Å². The van der Waals surface area contributed by atoms with E-state index in [1.807, 2.05) is 44.2 Å². The van der Waals surface area contributed by atoms with Crippen molar-refractivity contribution in [2.24, 2.45) is 0 Å². The summed E-state index contributed by atoms with van der Waals surface area (Å²) in [6, 6.07) is 13.2. The predicted octanol–water partition coefficient (Wildman–Crippen LogP) is 3.36. The molecule has 0 saturated carbocycles. The lowest BCUT2D eigenvalue weighted by atomic mass is 9.86. The van der Waals surface area contributed by atoms with Crippen LogP contribution in [0.4, 0.5) is 5.69 Å². The zero-order valence-corrected chi connectivity index (χ0v) is 19.8. The Balaban J connectivity index is 1.54. The number of carbonyl (C=O) groups is 2. The van der Waals surface area contributed by atoms with E-state index in [0.29, 0.717) is 31.6 Å². The van der Waals surface area contributed by atoms with E-state index in [9.17, 15) is 20.0 Å². The zero-order chi connectivity index (χ0) is 24.7. The summed E-state index contributed by atoms with van der Waals surface area (Å²) < 4.78 is 5.60. The first-order valence-corrected chi connectivity index (χ1v) is 11.9. The van der Waals surface area contributed by atoms with Crippen LogP contribution in [0.25, 0.3) is 10.9 Å². The van der Waals surface area contributed by atoms with Crippen LogP contribution in [0.1, 0.15) is 43.1 Å². The van der Waals surface area contributed by atoms with Crippen molar-refractivity contribution >= 4 is 28.4 Å². The number of aromatic nitrogens is 1. The number of H-pyrrole nitrogens is 1. The highest BCUT2D eigenvalue weighted by molar-refractivity contribution is 5.97. The number of carbonyl (C=O) groups excluding carboxylic acids is 2. The van der Waals surface area contributed by atoms with Crippen LogP contribution in [0.2, 0.25) is 0 Å². The van der Waals surface area contributed by atoms with Gasteiger partial charge in [-0.25, -0.2) is 0 Å². The second-order valence-electron chi connectivity index (χ2n) is 9.39. The second kappa shape index (κ2) is 9.33. The Morgan fingerprint density at radius 3 is 2.77 bits per heavy atom. The van der Waals surface area contributed by atoms with Crippen LogP contribution in [-0.4, -0.2) is 63.6 Å². The van der Waals surface area contributed by atoms with Gasteiger partial charge in [0.05, 0.1) is 24.4 Å². The number of fused-ring (bicyclic) bond motifs is 4. The lowest BCUT2D eigenvalue weighted by Gasteiger charge is -2.47. The molecule has 2 aliphatic rings. The molecule has 3 heterocycles. The largest absolute Gasteiger partial charge is 0.733 e. The smallest absolute Gasteiger partial charge is 0.246 e. The van der Waals surface area contributed by atoms with Gasteiger partial charge in [0, 0.05) is 36.2 Å². The van der Waals surface area contributed by atoms with Crippen LogP contribution in [0, 0.1) is 5.21 Å². The normalized spacial score (nSPS) is 19.9. The number of rotatable bonds is 7. The van der Waals surface area contributed by atoms with E-state index in [1.54, 1.807) is 21.9 Å². The molecule has 2 N–H and O–H groups in total. The molecule has 5 rings (SSSR count). The molecule has 2 aliphatic heterocycles. The van der Waals surface area contributed by atoms with Crippen LogP contribution >= 0.6 is 0 Å². The number of piperazine rings is 1. The Bertz CT molecular complexity index is 1250. The maximum absolute atomic E-state index is 13.6. The number of ether oxygens (including phenoxy) is 1. The second-order valence-corrected chi connectivity index (χ2v) is 9.39. The number of nitrogens with zero attached hydrogens (tertiary/aromatic N) is 3. The monoisotopic (exact) mass is 477 g/mol. The lowest BCUT2D eigenvalue weighted by Crippen LogP contribution is -2.63. The van der Waals surface area contributed by atoms with Crippen molar-refractivity contribution in [3.8, 4) is 0 Å². The maximum Gasteiger partial charge on any atom is 0.246 e. The van der Waals surface area contributed by atoms with Crippen molar-refractivity contribution in [2.75, 3.05) is 24.9 Å². The molecule has 1 fully saturated rings. The molecule has 1 aromatic heterocycles. The number of aromatic amines is 1. The summed E-state index contributed by atoms with van der Waals surface area (Å²) in [5.41, 5.74) is 3.45. The van der Waals surface area contributed by atoms with Gasteiger partial charge in [-0.3, -0.25) is 14.8 Å². The first kappa shape index (κ1) is 23.3. The maximum atomic E-state index is 13.6. The molecule has 9 heteroatoms. The third-order valence-corrected chi connectivity index (χ3v) is 6.77. The molecule has 35 heavy (non-hydrogen) atoms. The highest BCUT2D eigenvalue weighted by atomic mass is 16.8. The van der Waals surface area contributed by atoms with Crippen LogP contribution in [0.3, 0.4) is 0 Å². The third kappa shape index (κ3) is 4.27. The molecular weight excluding hydrogens is 448 g/mol. The average molecular weight is 478 g/mol. The summed E-state index contributed by atoms with van der Waals surface area (Å²) in [6.45, 7) is 4.91. The van der Waals surface area contributed by atoms with Gasteiger partial charge in [0.15, 0.2) is 0 Å². The number of nitrogens with one attached hydrogen (secondary N) is 1. The molecule has 1 saturated heterocycles. The number of benzene rings is 2. The number of hydrogen-bond acceptors (Lipinski definition) is 6. The summed E-state index contributed by atoms with van der Waals surface area (Å²) in [7, 11) is 0. The molecule has 2 atom stereocenters. The zero-order valence-electron chi connectivity index (χ0n) is 19.8. The predicted molar refractivity (Wildman–Crippen MR) is 131 cm³/mol. The third-order valence-electron chi connectivity index (χ3n) is 6.77. The lowest BCUT2D eigenvalue weighted by molar-refractivity contribution is -0.158. The summed E-state index contributed by atoms with van der Waals surface area (Å²) in [5.74, 6) is -0.235. The van der Waals surface area contributed by atoms with Crippen molar-refractivity contribution < 1.29 is 19.5 Å². The number of hydrogen-bond donors (Lipinski definition) is 2. The van der Waals surface area contributed by atoms with Crippen molar-refractivity contribution in [3.63, 3.8) is 0 Å². The van der Waals surface area contributed by atoms with Gasteiger partial charge < -0.3 is 30.0 Å². The Labute approximate surface area is 203 Å². The molecule has 9 nitrogen and oxygen atoms in total. The van der Waals surface area contributed by atoms with E-state index < -0.39 is 12.1 Å². The van der Waals surface area contributed by atoms with Crippen molar-refractivity contribution in [1.29, 1.82) is 0 Å². The molecule has 0 aliphatic carbocycles. The van der Waals surface area contributed by atoms with Gasteiger partial charge in [0.25, 0.3) is 0 Å². The first-order valence-electron chi connectivity index (χ1n) is 11.9. The SMILES string of the molecule is CC(C)OCCCN1CC(=O)N2C(Cc3c([nH]c4ccccc34)C2c2cccc(N([O-])O)c2)C1=O. The fourth-order valence-electron chi connectivity index (χ4n) is 5.25. The van der Waals surface area contributed by atoms with Crippen LogP contribution in [0.5, 0.6) is 0 Å². The molecule has 184 valence electrons. The first-order chi connectivity index (χ1) is 16.8. The molecule has 0 bridgehead atoms. The van der Waals surface area contributed by atoms with E-state index in [4.69, 9.17) is 4.74 Å². The fourth-order valence-corrected chi connectivity index (χ4v) is 5.25. The fraction of sp³-hybridized carbons (Fsp3) is 0.385. The van der Waals surface area contributed by atoms with Crippen LogP contribution < -0.4 is 5.23 Å². The van der Waals surface area contributed by atoms with Crippen molar-refractivity contribution in [3.05, 3.63) is 70.6 Å². The minimum atomic E-state index is -0.653. The van der Waals surface area contributed by atoms with Crippen molar-refractivity contribution in [2.45, 2.75) is 44.9 Å². The van der Waals surface area contributed by atoms with Gasteiger partial charge in [-0.1, -0.05) is 30.3 Å². The Morgan fingerprint density at radius 1 is 1.20 bits per heavy atom.